The Bertz CT molecular complexity index is 343. The Balaban J connectivity index is 1.70. The normalized spacial score (nSPS) is 22.3. The minimum Gasteiger partial charge on any atom is -0.444 e. The zero-order valence-corrected chi connectivity index (χ0v) is 14.1. The van der Waals surface area contributed by atoms with E-state index in [0.717, 1.165) is 12.5 Å². The van der Waals surface area contributed by atoms with E-state index in [0.29, 0.717) is 12.0 Å². The smallest absolute Gasteiger partial charge is 0.407 e. The summed E-state index contributed by atoms with van der Waals surface area (Å²) in [6.07, 6.45) is 7.63. The van der Waals surface area contributed by atoms with Crippen LogP contribution < -0.4 is 10.6 Å². The molecule has 2 unspecified atom stereocenters. The summed E-state index contributed by atoms with van der Waals surface area (Å²) in [6, 6.07) is 0.751. The molecular formula is C17H32N2O2. The van der Waals surface area contributed by atoms with Crippen molar-refractivity contribution < 1.29 is 9.53 Å². The van der Waals surface area contributed by atoms with Gasteiger partial charge in [-0.15, -0.1) is 0 Å². The molecule has 0 radical (unpaired) electrons. The Kier molecular flexibility index (Phi) is 5.53. The molecule has 0 aliphatic heterocycles. The van der Waals surface area contributed by atoms with Gasteiger partial charge >= 0.3 is 6.09 Å². The minimum atomic E-state index is -0.427. The van der Waals surface area contributed by atoms with Crippen LogP contribution >= 0.6 is 0 Å². The first-order chi connectivity index (χ1) is 9.83. The van der Waals surface area contributed by atoms with Gasteiger partial charge in [0.15, 0.2) is 0 Å². The summed E-state index contributed by atoms with van der Waals surface area (Å²) in [5.41, 5.74) is -0.427. The molecule has 122 valence electrons. The Morgan fingerprint density at radius 3 is 2.38 bits per heavy atom. The maximum Gasteiger partial charge on any atom is 0.407 e. The summed E-state index contributed by atoms with van der Waals surface area (Å²) >= 11 is 0. The summed E-state index contributed by atoms with van der Waals surface area (Å²) in [6.45, 7) is 8.82. The first-order valence-electron chi connectivity index (χ1n) is 8.56. The topological polar surface area (TPSA) is 50.4 Å². The van der Waals surface area contributed by atoms with Crippen molar-refractivity contribution in [2.75, 3.05) is 6.54 Å². The fraction of sp³-hybridized carbons (Fsp3) is 0.941. The van der Waals surface area contributed by atoms with Crippen molar-refractivity contribution >= 4 is 6.09 Å². The lowest BCUT2D eigenvalue weighted by molar-refractivity contribution is 0.0496. The second-order valence-corrected chi connectivity index (χ2v) is 7.93. The molecule has 0 saturated heterocycles. The number of carbonyl (C=O) groups excluding carboxylic acids is 1. The molecule has 2 saturated carbocycles. The molecule has 2 N–H and O–H groups in total. The van der Waals surface area contributed by atoms with Gasteiger partial charge in [-0.25, -0.2) is 4.79 Å². The van der Waals surface area contributed by atoms with E-state index in [1.54, 1.807) is 0 Å². The minimum absolute atomic E-state index is 0.212. The number of amides is 1. The van der Waals surface area contributed by atoms with E-state index in [4.69, 9.17) is 4.74 Å². The SMILES string of the molecule is CC(CC1CCC1)NCC(NC(=O)OC(C)(C)C)C1CC1. The fourth-order valence-corrected chi connectivity index (χ4v) is 2.93. The van der Waals surface area contributed by atoms with Gasteiger partial charge in [0.25, 0.3) is 0 Å². The quantitative estimate of drug-likeness (QED) is 0.756. The van der Waals surface area contributed by atoms with Crippen molar-refractivity contribution in [3.8, 4) is 0 Å². The van der Waals surface area contributed by atoms with E-state index in [9.17, 15) is 4.79 Å². The number of nitrogens with one attached hydrogen (secondary N) is 2. The Morgan fingerprint density at radius 1 is 1.24 bits per heavy atom. The van der Waals surface area contributed by atoms with Crippen LogP contribution in [0, 0.1) is 11.8 Å². The predicted molar refractivity (Wildman–Crippen MR) is 85.3 cm³/mol. The molecule has 0 heterocycles. The molecule has 1 amide bonds. The Morgan fingerprint density at radius 2 is 1.90 bits per heavy atom. The largest absolute Gasteiger partial charge is 0.444 e. The van der Waals surface area contributed by atoms with Crippen LogP contribution in [0.2, 0.25) is 0 Å². The second-order valence-electron chi connectivity index (χ2n) is 7.93. The third kappa shape index (κ3) is 6.25. The summed E-state index contributed by atoms with van der Waals surface area (Å²) < 4.78 is 5.37. The van der Waals surface area contributed by atoms with Crippen molar-refractivity contribution in [2.45, 2.75) is 83.9 Å². The molecule has 0 spiro atoms. The molecule has 0 bridgehead atoms. The van der Waals surface area contributed by atoms with E-state index in [1.807, 2.05) is 20.8 Å². The predicted octanol–water partition coefficient (Wildman–Crippen LogP) is 3.46. The van der Waals surface area contributed by atoms with Crippen LogP contribution in [-0.4, -0.2) is 30.3 Å². The van der Waals surface area contributed by atoms with Crippen LogP contribution in [0.1, 0.15) is 66.2 Å². The van der Waals surface area contributed by atoms with Gasteiger partial charge in [-0.1, -0.05) is 19.3 Å². The molecular weight excluding hydrogens is 264 g/mol. The Hall–Kier alpha value is -0.770. The number of alkyl carbamates (subject to hydrolysis) is 1. The fourth-order valence-electron chi connectivity index (χ4n) is 2.93. The van der Waals surface area contributed by atoms with E-state index in [-0.39, 0.29) is 12.1 Å². The number of hydrogen-bond acceptors (Lipinski definition) is 3. The van der Waals surface area contributed by atoms with Gasteiger partial charge in [0, 0.05) is 18.6 Å². The van der Waals surface area contributed by atoms with Gasteiger partial charge in [-0.3, -0.25) is 0 Å². The van der Waals surface area contributed by atoms with Crippen LogP contribution in [0.3, 0.4) is 0 Å². The lowest BCUT2D eigenvalue weighted by Gasteiger charge is -2.30. The maximum absolute atomic E-state index is 11.9. The van der Waals surface area contributed by atoms with Gasteiger partial charge in [-0.05, 0) is 58.8 Å². The molecule has 0 aromatic rings. The highest BCUT2D eigenvalue weighted by Gasteiger charge is 2.33. The lowest BCUT2D eigenvalue weighted by atomic mass is 9.81. The molecule has 0 aromatic heterocycles. The molecule has 2 aliphatic carbocycles. The van der Waals surface area contributed by atoms with Gasteiger partial charge in [0.05, 0.1) is 0 Å². The first kappa shape index (κ1) is 16.6. The maximum atomic E-state index is 11.9. The van der Waals surface area contributed by atoms with Crippen LogP contribution in [0.15, 0.2) is 0 Å². The van der Waals surface area contributed by atoms with E-state index >= 15 is 0 Å². The van der Waals surface area contributed by atoms with Gasteiger partial charge in [-0.2, -0.15) is 0 Å². The molecule has 2 rings (SSSR count). The molecule has 2 fully saturated rings. The van der Waals surface area contributed by atoms with Crippen molar-refractivity contribution in [2.24, 2.45) is 11.8 Å². The highest BCUT2D eigenvalue weighted by Crippen LogP contribution is 2.33. The second kappa shape index (κ2) is 6.99. The highest BCUT2D eigenvalue weighted by atomic mass is 16.6. The average molecular weight is 296 g/mol. The molecule has 4 heteroatoms. The van der Waals surface area contributed by atoms with Crippen molar-refractivity contribution in [3.63, 3.8) is 0 Å². The number of hydrogen-bond donors (Lipinski definition) is 2. The molecule has 2 aliphatic rings. The monoisotopic (exact) mass is 296 g/mol. The van der Waals surface area contributed by atoms with Gasteiger partial charge in [0.2, 0.25) is 0 Å². The zero-order chi connectivity index (χ0) is 15.5. The first-order valence-corrected chi connectivity index (χ1v) is 8.56. The lowest BCUT2D eigenvalue weighted by Crippen LogP contribution is -2.47. The van der Waals surface area contributed by atoms with E-state index in [1.165, 1.54) is 38.5 Å². The van der Waals surface area contributed by atoms with Crippen LogP contribution in [-0.2, 0) is 4.74 Å². The summed E-state index contributed by atoms with van der Waals surface area (Å²) in [5.74, 6) is 1.55. The molecule has 2 atom stereocenters. The Labute approximate surface area is 129 Å². The van der Waals surface area contributed by atoms with E-state index < -0.39 is 5.60 Å². The molecule has 4 nitrogen and oxygen atoms in total. The number of carbonyl (C=O) groups is 1. The summed E-state index contributed by atoms with van der Waals surface area (Å²) in [5, 5.41) is 6.65. The average Bonchev–Trinajstić information content (AvgIpc) is 3.10. The van der Waals surface area contributed by atoms with Crippen LogP contribution in [0.4, 0.5) is 4.79 Å². The third-order valence-electron chi connectivity index (χ3n) is 4.49. The van der Waals surface area contributed by atoms with Crippen LogP contribution in [0.5, 0.6) is 0 Å². The van der Waals surface area contributed by atoms with Crippen LogP contribution in [0.25, 0.3) is 0 Å². The standard InChI is InChI=1S/C17H32N2O2/c1-12(10-13-6-5-7-13)18-11-15(14-8-9-14)19-16(20)21-17(2,3)4/h12-15,18H,5-11H2,1-4H3,(H,19,20). The van der Waals surface area contributed by atoms with Gasteiger partial charge < -0.3 is 15.4 Å². The van der Waals surface area contributed by atoms with Crippen molar-refractivity contribution in [1.82, 2.24) is 10.6 Å². The van der Waals surface area contributed by atoms with Gasteiger partial charge in [0.1, 0.15) is 5.60 Å². The molecule has 0 aromatic carbocycles. The summed E-state index contributed by atoms with van der Waals surface area (Å²) in [4.78, 5) is 11.9. The highest BCUT2D eigenvalue weighted by molar-refractivity contribution is 5.68. The third-order valence-corrected chi connectivity index (χ3v) is 4.49. The number of rotatable bonds is 7. The zero-order valence-electron chi connectivity index (χ0n) is 14.1. The molecule has 21 heavy (non-hydrogen) atoms. The van der Waals surface area contributed by atoms with Crippen molar-refractivity contribution in [1.29, 1.82) is 0 Å². The summed E-state index contributed by atoms with van der Waals surface area (Å²) in [7, 11) is 0. The van der Waals surface area contributed by atoms with Crippen molar-refractivity contribution in [3.05, 3.63) is 0 Å². The van der Waals surface area contributed by atoms with E-state index in [2.05, 4.69) is 17.6 Å². The number of ether oxygens (including phenoxy) is 1.